The number of hydrogen-bond donors (Lipinski definition) is 1. The molecule has 210 valence electrons. The minimum atomic E-state index is -0.240. The number of rotatable bonds is 10. The summed E-state index contributed by atoms with van der Waals surface area (Å²) in [6.45, 7) is 11.9. The zero-order chi connectivity index (χ0) is 27.9. The molecule has 1 atom stereocenters. The number of nitrogens with zero attached hydrogens (tertiary/aromatic N) is 3. The summed E-state index contributed by atoms with van der Waals surface area (Å²) in [5.74, 6) is 0.640. The van der Waals surface area contributed by atoms with Crippen LogP contribution in [-0.2, 0) is 9.53 Å². The quantitative estimate of drug-likeness (QED) is 0.402. The molecule has 6 heteroatoms. The van der Waals surface area contributed by atoms with Crippen molar-refractivity contribution in [1.29, 1.82) is 0 Å². The fourth-order valence-electron chi connectivity index (χ4n) is 6.37. The summed E-state index contributed by atoms with van der Waals surface area (Å²) in [7, 11) is 1.75. The first-order valence-electron chi connectivity index (χ1n) is 14.7. The van der Waals surface area contributed by atoms with Gasteiger partial charge in [-0.1, -0.05) is 51.5 Å². The molecule has 3 aliphatic rings. The molecule has 2 N–H and O–H groups in total. The zero-order valence-electron chi connectivity index (χ0n) is 24.5. The van der Waals surface area contributed by atoms with Crippen LogP contribution in [0.1, 0.15) is 81.9 Å². The summed E-state index contributed by atoms with van der Waals surface area (Å²) in [6, 6.07) is 7.22. The third kappa shape index (κ3) is 7.03. The number of primary amides is 1. The highest BCUT2D eigenvalue weighted by Crippen LogP contribution is 2.39. The second-order valence-electron chi connectivity index (χ2n) is 11.5. The van der Waals surface area contributed by atoms with E-state index >= 15 is 0 Å². The van der Waals surface area contributed by atoms with Crippen molar-refractivity contribution in [2.75, 3.05) is 33.4 Å². The first-order chi connectivity index (χ1) is 18.8. The molecular weight excluding hydrogens is 484 g/mol. The monoisotopic (exact) mass is 530 g/mol. The standard InChI is InChI=1S/C33H46N4O2/c1-6-8-28(26-9-7-10-30-33(36-21-35-30)27(17-26)20-39-5)32(22(2)3)29-18-25(12-11-23(29)4)24-13-15-37(16-14-24)19-31(34)38/h9,11-12,17-18,21-22,24,30H,6-8,10,13-16,19-20H2,1-5H3,(H2,34,38)/b26-9+,27-17-,32-28+. The topological polar surface area (TPSA) is 80.3 Å². The lowest BCUT2D eigenvalue weighted by Gasteiger charge is -2.32. The van der Waals surface area contributed by atoms with E-state index in [4.69, 9.17) is 10.5 Å². The summed E-state index contributed by atoms with van der Waals surface area (Å²) < 4.78 is 5.62. The van der Waals surface area contributed by atoms with E-state index in [0.29, 0.717) is 25.0 Å². The van der Waals surface area contributed by atoms with Gasteiger partial charge in [0.1, 0.15) is 6.34 Å². The SMILES string of the molecule is CCCC(/C1=C/CCC2N=CN=C2/C(COC)=C\1)=C(\c1cc(C2CCN(CC(N)=O)CC2)ccc1C)C(C)C. The number of carbonyl (C=O) groups is 1. The molecule has 2 aliphatic heterocycles. The lowest BCUT2D eigenvalue weighted by molar-refractivity contribution is -0.119. The molecule has 1 aromatic rings. The fraction of sp³-hybridized carbons (Fsp3) is 0.545. The molecule has 0 bridgehead atoms. The maximum atomic E-state index is 11.4. The number of likely N-dealkylation sites (tertiary alicyclic amines) is 1. The van der Waals surface area contributed by atoms with Gasteiger partial charge in [0, 0.05) is 12.7 Å². The summed E-state index contributed by atoms with van der Waals surface area (Å²) in [6.07, 6.45) is 12.6. The molecule has 0 saturated carbocycles. The minimum Gasteiger partial charge on any atom is -0.380 e. The molecule has 1 aliphatic carbocycles. The van der Waals surface area contributed by atoms with Gasteiger partial charge in [-0.3, -0.25) is 14.7 Å². The number of methoxy groups -OCH3 is 1. The molecule has 4 rings (SSSR count). The van der Waals surface area contributed by atoms with Crippen LogP contribution in [0.4, 0.5) is 0 Å². The Balaban J connectivity index is 1.75. The number of allylic oxidation sites excluding steroid dienone is 5. The summed E-state index contributed by atoms with van der Waals surface area (Å²) in [4.78, 5) is 22.8. The third-order valence-electron chi connectivity index (χ3n) is 8.26. The van der Waals surface area contributed by atoms with Crippen molar-refractivity contribution in [3.8, 4) is 0 Å². The van der Waals surface area contributed by atoms with Gasteiger partial charge in [-0.15, -0.1) is 0 Å². The number of amides is 1. The van der Waals surface area contributed by atoms with Gasteiger partial charge >= 0.3 is 0 Å². The Morgan fingerprint density at radius 2 is 1.97 bits per heavy atom. The van der Waals surface area contributed by atoms with E-state index in [-0.39, 0.29) is 11.9 Å². The molecule has 1 fully saturated rings. The van der Waals surface area contributed by atoms with E-state index < -0.39 is 0 Å². The summed E-state index contributed by atoms with van der Waals surface area (Å²) in [5.41, 5.74) is 15.9. The first kappa shape index (κ1) is 29.2. The summed E-state index contributed by atoms with van der Waals surface area (Å²) >= 11 is 0. The van der Waals surface area contributed by atoms with Crippen LogP contribution in [0.2, 0.25) is 0 Å². The number of aryl methyl sites for hydroxylation is 1. The predicted octanol–water partition coefficient (Wildman–Crippen LogP) is 6.01. The third-order valence-corrected chi connectivity index (χ3v) is 8.26. The van der Waals surface area contributed by atoms with Crippen LogP contribution in [0.25, 0.3) is 5.57 Å². The maximum Gasteiger partial charge on any atom is 0.231 e. The molecule has 1 saturated heterocycles. The minimum absolute atomic E-state index is 0.140. The Morgan fingerprint density at radius 3 is 2.64 bits per heavy atom. The highest BCUT2D eigenvalue weighted by molar-refractivity contribution is 6.10. The molecule has 0 radical (unpaired) electrons. The Morgan fingerprint density at radius 1 is 1.21 bits per heavy atom. The van der Waals surface area contributed by atoms with E-state index in [0.717, 1.165) is 62.9 Å². The molecule has 2 heterocycles. The van der Waals surface area contributed by atoms with E-state index in [1.54, 1.807) is 13.4 Å². The van der Waals surface area contributed by atoms with Gasteiger partial charge in [-0.05, 0) is 103 Å². The molecule has 0 spiro atoms. The first-order valence-corrected chi connectivity index (χ1v) is 14.7. The average molecular weight is 531 g/mol. The molecule has 6 nitrogen and oxygen atoms in total. The van der Waals surface area contributed by atoms with Crippen molar-refractivity contribution in [1.82, 2.24) is 4.90 Å². The lowest BCUT2D eigenvalue weighted by Crippen LogP contribution is -2.39. The predicted molar refractivity (Wildman–Crippen MR) is 162 cm³/mol. The van der Waals surface area contributed by atoms with Gasteiger partial charge in [0.05, 0.1) is 24.9 Å². The largest absolute Gasteiger partial charge is 0.380 e. The molecule has 0 aromatic heterocycles. The molecular formula is C33H46N4O2. The van der Waals surface area contributed by atoms with Crippen LogP contribution in [-0.4, -0.2) is 62.3 Å². The van der Waals surface area contributed by atoms with Gasteiger partial charge in [-0.2, -0.15) is 0 Å². The van der Waals surface area contributed by atoms with E-state index in [1.165, 1.54) is 33.4 Å². The average Bonchev–Trinajstić information content (AvgIpc) is 3.35. The fourth-order valence-corrected chi connectivity index (χ4v) is 6.37. The zero-order valence-corrected chi connectivity index (χ0v) is 24.5. The molecule has 1 unspecified atom stereocenters. The van der Waals surface area contributed by atoms with E-state index in [1.807, 2.05) is 0 Å². The number of hydrogen-bond acceptors (Lipinski definition) is 5. The van der Waals surface area contributed by atoms with Crippen molar-refractivity contribution in [2.24, 2.45) is 21.6 Å². The van der Waals surface area contributed by atoms with Gasteiger partial charge in [0.15, 0.2) is 0 Å². The number of fused-ring (bicyclic) bond motifs is 1. The van der Waals surface area contributed by atoms with E-state index in [2.05, 4.69) is 72.9 Å². The van der Waals surface area contributed by atoms with Crippen molar-refractivity contribution >= 4 is 23.5 Å². The number of nitrogens with two attached hydrogens (primary N) is 1. The second-order valence-corrected chi connectivity index (χ2v) is 11.5. The van der Waals surface area contributed by atoms with Gasteiger partial charge in [0.2, 0.25) is 5.91 Å². The van der Waals surface area contributed by atoms with Crippen LogP contribution < -0.4 is 5.73 Å². The van der Waals surface area contributed by atoms with Gasteiger partial charge in [-0.25, -0.2) is 4.99 Å². The van der Waals surface area contributed by atoms with Crippen molar-refractivity contribution in [3.63, 3.8) is 0 Å². The van der Waals surface area contributed by atoms with Crippen molar-refractivity contribution in [3.05, 3.63) is 63.8 Å². The Labute approximate surface area is 234 Å². The van der Waals surface area contributed by atoms with Crippen LogP contribution in [0.3, 0.4) is 0 Å². The normalized spacial score (nSPS) is 23.7. The Kier molecular flexibility index (Phi) is 10.1. The van der Waals surface area contributed by atoms with Gasteiger partial charge < -0.3 is 10.5 Å². The second kappa shape index (κ2) is 13.5. The smallest absolute Gasteiger partial charge is 0.231 e. The van der Waals surface area contributed by atoms with Crippen LogP contribution in [0.15, 0.2) is 57.1 Å². The highest BCUT2D eigenvalue weighted by Gasteiger charge is 2.26. The van der Waals surface area contributed by atoms with Crippen LogP contribution in [0.5, 0.6) is 0 Å². The van der Waals surface area contributed by atoms with Crippen LogP contribution >= 0.6 is 0 Å². The number of piperidine rings is 1. The number of ether oxygens (including phenoxy) is 1. The van der Waals surface area contributed by atoms with Crippen molar-refractivity contribution < 1.29 is 9.53 Å². The number of carbonyl (C=O) groups excluding carboxylic acids is 1. The molecule has 39 heavy (non-hydrogen) atoms. The Bertz CT molecular complexity index is 1200. The molecule has 1 aromatic carbocycles. The molecule has 1 amide bonds. The lowest BCUT2D eigenvalue weighted by atomic mass is 9.80. The highest BCUT2D eigenvalue weighted by atomic mass is 16.5. The Hall–Kier alpha value is -2.83. The van der Waals surface area contributed by atoms with Crippen molar-refractivity contribution in [2.45, 2.75) is 78.2 Å². The summed E-state index contributed by atoms with van der Waals surface area (Å²) in [5, 5.41) is 0. The van der Waals surface area contributed by atoms with Crippen LogP contribution in [0, 0.1) is 12.8 Å². The maximum absolute atomic E-state index is 11.4. The van der Waals surface area contributed by atoms with Gasteiger partial charge in [0.25, 0.3) is 0 Å². The van der Waals surface area contributed by atoms with E-state index in [9.17, 15) is 4.79 Å². The number of benzene rings is 1. The number of aliphatic imine (C=N–C) groups is 2.